The van der Waals surface area contributed by atoms with Gasteiger partial charge in [-0.1, -0.05) is 38.3 Å². The highest BCUT2D eigenvalue weighted by atomic mass is 32.2. The van der Waals surface area contributed by atoms with Crippen molar-refractivity contribution in [3.05, 3.63) is 22.5 Å². The Hall–Kier alpha value is -0.170. The van der Waals surface area contributed by atoms with E-state index in [9.17, 15) is 0 Å². The summed E-state index contributed by atoms with van der Waals surface area (Å²) in [6.45, 7) is 8.46. The van der Waals surface area contributed by atoms with Gasteiger partial charge in [0.05, 0.1) is 0 Å². The molecule has 0 unspecified atom stereocenters. The van der Waals surface area contributed by atoms with E-state index in [2.05, 4.69) is 25.8 Å². The van der Waals surface area contributed by atoms with Crippen molar-refractivity contribution in [2.75, 3.05) is 0 Å². The van der Waals surface area contributed by atoms with Gasteiger partial charge in [-0.25, -0.2) is 0 Å². The molecule has 1 rings (SSSR count). The second-order valence-corrected chi connectivity index (χ2v) is 5.26. The van der Waals surface area contributed by atoms with Crippen LogP contribution >= 0.6 is 11.8 Å². The summed E-state index contributed by atoms with van der Waals surface area (Å²) >= 11 is 1.82. The molecule has 0 aromatic carbocycles. The topological polar surface area (TPSA) is 0 Å². The van der Waals surface area contributed by atoms with Crippen molar-refractivity contribution in [3.8, 4) is 0 Å². The molecule has 0 saturated heterocycles. The predicted octanol–water partition coefficient (Wildman–Crippen LogP) is 5.13. The molecule has 0 atom stereocenters. The largest absolute Gasteiger partial charge is 0.103 e. The van der Waals surface area contributed by atoms with E-state index in [0.717, 1.165) is 12.3 Å². The van der Waals surface area contributed by atoms with Crippen molar-refractivity contribution in [2.24, 2.45) is 5.92 Å². The fourth-order valence-electron chi connectivity index (χ4n) is 1.91. The first-order valence-corrected chi connectivity index (χ1v) is 6.63. The molecular weight excluding hydrogens is 188 g/mol. The molecule has 80 valence electrons. The Morgan fingerprint density at radius 2 is 2.00 bits per heavy atom. The van der Waals surface area contributed by atoms with Gasteiger partial charge in [0.1, 0.15) is 0 Å². The van der Waals surface area contributed by atoms with Crippen LogP contribution in [0.25, 0.3) is 0 Å². The van der Waals surface area contributed by atoms with E-state index >= 15 is 0 Å². The van der Waals surface area contributed by atoms with Crippen LogP contribution in [-0.4, -0.2) is 0 Å². The molecular formula is C13H22S. The van der Waals surface area contributed by atoms with Gasteiger partial charge in [-0.05, 0) is 42.4 Å². The Morgan fingerprint density at radius 3 is 2.57 bits per heavy atom. The zero-order chi connectivity index (χ0) is 10.4. The minimum Gasteiger partial charge on any atom is -0.103 e. The van der Waals surface area contributed by atoms with Gasteiger partial charge in [0.15, 0.2) is 0 Å². The molecule has 0 bridgehead atoms. The molecule has 0 aromatic rings. The molecule has 0 amide bonds. The third kappa shape index (κ3) is 3.91. The van der Waals surface area contributed by atoms with Crippen molar-refractivity contribution in [1.82, 2.24) is 0 Å². The molecule has 1 aliphatic carbocycles. The summed E-state index contributed by atoms with van der Waals surface area (Å²) in [6, 6.07) is 0. The van der Waals surface area contributed by atoms with E-state index in [1.807, 2.05) is 11.8 Å². The second-order valence-electron chi connectivity index (χ2n) is 4.21. The van der Waals surface area contributed by atoms with Gasteiger partial charge in [-0.2, -0.15) is 0 Å². The second kappa shape index (κ2) is 6.34. The van der Waals surface area contributed by atoms with Gasteiger partial charge in [-0.15, -0.1) is 11.8 Å². The Labute approximate surface area is 92.9 Å². The fraction of sp³-hybridized carbons (Fsp3) is 0.692. The summed E-state index contributed by atoms with van der Waals surface area (Å²) in [5.74, 6) is 0.862. The molecule has 14 heavy (non-hydrogen) atoms. The molecule has 0 radical (unpaired) electrons. The lowest BCUT2D eigenvalue weighted by Crippen LogP contribution is -2.06. The monoisotopic (exact) mass is 210 g/mol. The summed E-state index contributed by atoms with van der Waals surface area (Å²) in [6.07, 6.45) is 8.19. The minimum atomic E-state index is 0.862. The lowest BCUT2D eigenvalue weighted by Gasteiger charge is -2.22. The van der Waals surface area contributed by atoms with Gasteiger partial charge >= 0.3 is 0 Å². The zero-order valence-corrected chi connectivity index (χ0v) is 10.3. The van der Waals surface area contributed by atoms with Crippen molar-refractivity contribution in [2.45, 2.75) is 52.4 Å². The van der Waals surface area contributed by atoms with Crippen LogP contribution in [0.2, 0.25) is 0 Å². The van der Waals surface area contributed by atoms with Crippen LogP contribution in [0.3, 0.4) is 0 Å². The minimum absolute atomic E-state index is 0.862. The van der Waals surface area contributed by atoms with Gasteiger partial charge < -0.3 is 0 Å². The summed E-state index contributed by atoms with van der Waals surface area (Å²) in [7, 11) is 0. The number of hydrogen-bond donors (Lipinski definition) is 0. The summed E-state index contributed by atoms with van der Waals surface area (Å²) in [4.78, 5) is 1.28. The Balaban J connectivity index is 2.37. The first kappa shape index (κ1) is 11.9. The van der Waals surface area contributed by atoms with E-state index < -0.39 is 0 Å². The van der Waals surface area contributed by atoms with Gasteiger partial charge in [-0.3, -0.25) is 0 Å². The van der Waals surface area contributed by atoms with Crippen LogP contribution < -0.4 is 0 Å². The zero-order valence-electron chi connectivity index (χ0n) is 9.51. The number of thioether (sulfide) groups is 1. The standard InChI is InChI=1S/C13H22S/c1-4-12(3)14-10-11(2)13-8-6-5-7-9-13/h10,13H,3-9H2,1-2H3/b11-10+. The van der Waals surface area contributed by atoms with Crippen LogP contribution in [-0.2, 0) is 0 Å². The molecule has 0 spiro atoms. The van der Waals surface area contributed by atoms with Crippen LogP contribution in [0.15, 0.2) is 22.5 Å². The predicted molar refractivity (Wildman–Crippen MR) is 67.4 cm³/mol. The maximum atomic E-state index is 4.01. The van der Waals surface area contributed by atoms with Gasteiger partial charge in [0.25, 0.3) is 0 Å². The van der Waals surface area contributed by atoms with Crippen LogP contribution in [0.5, 0.6) is 0 Å². The lowest BCUT2D eigenvalue weighted by molar-refractivity contribution is 0.403. The molecule has 1 heteroatoms. The summed E-state index contributed by atoms with van der Waals surface area (Å²) in [5, 5.41) is 2.32. The highest BCUT2D eigenvalue weighted by Gasteiger charge is 2.14. The average Bonchev–Trinajstić information content (AvgIpc) is 2.26. The van der Waals surface area contributed by atoms with Gasteiger partial charge in [0, 0.05) is 0 Å². The highest BCUT2D eigenvalue weighted by molar-refractivity contribution is 8.05. The number of allylic oxidation sites excluding steroid dienone is 2. The highest BCUT2D eigenvalue weighted by Crippen LogP contribution is 2.31. The van der Waals surface area contributed by atoms with Crippen LogP contribution in [0.4, 0.5) is 0 Å². The van der Waals surface area contributed by atoms with Crippen LogP contribution in [0, 0.1) is 5.92 Å². The van der Waals surface area contributed by atoms with Crippen molar-refractivity contribution < 1.29 is 0 Å². The van der Waals surface area contributed by atoms with Crippen molar-refractivity contribution >= 4 is 11.8 Å². The number of hydrogen-bond acceptors (Lipinski definition) is 1. The lowest BCUT2D eigenvalue weighted by atomic mass is 9.85. The van der Waals surface area contributed by atoms with E-state index in [4.69, 9.17) is 0 Å². The third-order valence-electron chi connectivity index (χ3n) is 3.05. The molecule has 0 aromatic heterocycles. The molecule has 1 aliphatic rings. The molecule has 0 heterocycles. The summed E-state index contributed by atoms with van der Waals surface area (Å²) in [5.41, 5.74) is 1.57. The number of rotatable bonds is 4. The van der Waals surface area contributed by atoms with E-state index in [1.54, 1.807) is 5.57 Å². The Morgan fingerprint density at radius 1 is 1.36 bits per heavy atom. The molecule has 1 saturated carbocycles. The maximum Gasteiger partial charge on any atom is -0.0183 e. The Kier molecular flexibility index (Phi) is 5.39. The van der Waals surface area contributed by atoms with E-state index in [0.29, 0.717) is 0 Å². The first-order valence-electron chi connectivity index (χ1n) is 5.75. The smallest absolute Gasteiger partial charge is 0.0183 e. The Bertz CT molecular complexity index is 209. The average molecular weight is 210 g/mol. The third-order valence-corrected chi connectivity index (χ3v) is 4.17. The van der Waals surface area contributed by atoms with Crippen LogP contribution in [0.1, 0.15) is 52.4 Å². The van der Waals surface area contributed by atoms with Gasteiger partial charge in [0.2, 0.25) is 0 Å². The van der Waals surface area contributed by atoms with E-state index in [1.165, 1.54) is 37.0 Å². The molecule has 0 N–H and O–H groups in total. The normalized spacial score (nSPS) is 19.7. The van der Waals surface area contributed by atoms with Crippen molar-refractivity contribution in [1.29, 1.82) is 0 Å². The van der Waals surface area contributed by atoms with Crippen molar-refractivity contribution in [3.63, 3.8) is 0 Å². The molecule has 0 nitrogen and oxygen atoms in total. The first-order chi connectivity index (χ1) is 6.74. The molecule has 0 aliphatic heterocycles. The maximum absolute atomic E-state index is 4.01. The SMILES string of the molecule is C=C(CC)S/C=C(\C)C1CCCCC1. The summed E-state index contributed by atoms with van der Waals surface area (Å²) < 4.78 is 0. The fourth-order valence-corrected chi connectivity index (χ4v) is 2.63. The van der Waals surface area contributed by atoms with E-state index in [-0.39, 0.29) is 0 Å². The molecule has 1 fully saturated rings. The quantitative estimate of drug-likeness (QED) is 0.620.